The lowest BCUT2D eigenvalue weighted by Gasteiger charge is -2.07. The molecule has 1 aromatic rings. The average Bonchev–Trinajstić information content (AvgIpc) is 2.17. The first-order valence-electron chi connectivity index (χ1n) is 3.82. The Labute approximate surface area is 82.4 Å². The van der Waals surface area contributed by atoms with Gasteiger partial charge in [0.05, 0.1) is 4.92 Å². The molecule has 0 aliphatic rings. The summed E-state index contributed by atoms with van der Waals surface area (Å²) in [6.07, 6.45) is 0. The van der Waals surface area contributed by atoms with Crippen molar-refractivity contribution in [2.45, 2.75) is 13.3 Å². The fraction of sp³-hybridized carbons (Fsp3) is 0.250. The van der Waals surface area contributed by atoms with Crippen molar-refractivity contribution in [1.29, 1.82) is 0 Å². The molecule has 1 rings (SSSR count). The summed E-state index contributed by atoms with van der Waals surface area (Å²) in [5.74, 6) is -0.391. The van der Waals surface area contributed by atoms with E-state index in [0.29, 0.717) is 0 Å². The van der Waals surface area contributed by atoms with Crippen LogP contribution in [0, 0.1) is 10.1 Å². The van der Waals surface area contributed by atoms with Crippen LogP contribution in [0.3, 0.4) is 0 Å². The third-order valence-corrected chi connectivity index (χ3v) is 1.61. The molecule has 0 saturated heterocycles. The zero-order chi connectivity index (χ0) is 11.4. The smallest absolute Gasteiger partial charge is 0.387 e. The molecular formula is C8H6F3NO3. The van der Waals surface area contributed by atoms with Gasteiger partial charge < -0.3 is 4.74 Å². The minimum Gasteiger partial charge on any atom is -0.434 e. The molecular weight excluding hydrogens is 215 g/mol. The fourth-order valence-corrected chi connectivity index (χ4v) is 0.995. The van der Waals surface area contributed by atoms with Gasteiger partial charge in [0.25, 0.3) is 5.69 Å². The number of nitrogens with zero attached hydrogens (tertiary/aromatic N) is 1. The van der Waals surface area contributed by atoms with Crippen LogP contribution in [-0.2, 0) is 6.67 Å². The minimum atomic E-state index is -3.09. The van der Waals surface area contributed by atoms with E-state index in [1.807, 2.05) is 0 Å². The molecule has 0 amide bonds. The lowest BCUT2D eigenvalue weighted by Crippen LogP contribution is -2.04. The highest BCUT2D eigenvalue weighted by molar-refractivity contribution is 5.43. The van der Waals surface area contributed by atoms with Gasteiger partial charge in [0, 0.05) is 17.7 Å². The zero-order valence-electron chi connectivity index (χ0n) is 7.32. The van der Waals surface area contributed by atoms with Gasteiger partial charge in [-0.3, -0.25) is 10.1 Å². The molecule has 0 saturated carbocycles. The highest BCUT2D eigenvalue weighted by Gasteiger charge is 2.14. The fourth-order valence-electron chi connectivity index (χ4n) is 0.995. The van der Waals surface area contributed by atoms with E-state index >= 15 is 0 Å². The van der Waals surface area contributed by atoms with E-state index in [9.17, 15) is 23.3 Å². The Morgan fingerprint density at radius 1 is 1.47 bits per heavy atom. The first-order valence-corrected chi connectivity index (χ1v) is 3.82. The first kappa shape index (κ1) is 11.3. The lowest BCUT2D eigenvalue weighted by molar-refractivity contribution is -0.385. The third-order valence-electron chi connectivity index (χ3n) is 1.61. The Kier molecular flexibility index (Phi) is 3.48. The van der Waals surface area contributed by atoms with Crippen molar-refractivity contribution < 1.29 is 22.8 Å². The standard InChI is InChI=1S/C8H6F3NO3/c9-4-5-3-6(12(13)14)1-2-7(5)15-8(10)11/h1-3,8H,4H2. The summed E-state index contributed by atoms with van der Waals surface area (Å²) in [5, 5.41) is 10.3. The predicted molar refractivity (Wildman–Crippen MR) is 44.5 cm³/mol. The second-order valence-corrected chi connectivity index (χ2v) is 2.56. The van der Waals surface area contributed by atoms with E-state index in [4.69, 9.17) is 0 Å². The molecule has 0 fully saturated rings. The molecule has 0 unspecified atom stereocenters. The van der Waals surface area contributed by atoms with Crippen LogP contribution < -0.4 is 4.74 Å². The number of hydrogen-bond acceptors (Lipinski definition) is 3. The molecule has 4 nitrogen and oxygen atoms in total. The van der Waals surface area contributed by atoms with Crippen LogP contribution >= 0.6 is 0 Å². The van der Waals surface area contributed by atoms with Crippen molar-refractivity contribution in [1.82, 2.24) is 0 Å². The van der Waals surface area contributed by atoms with E-state index in [1.165, 1.54) is 0 Å². The third kappa shape index (κ3) is 2.83. The van der Waals surface area contributed by atoms with Crippen LogP contribution in [0.25, 0.3) is 0 Å². The summed E-state index contributed by atoms with van der Waals surface area (Å²) < 4.78 is 39.9. The maximum absolute atomic E-state index is 12.3. The van der Waals surface area contributed by atoms with Crippen LogP contribution in [-0.4, -0.2) is 11.5 Å². The summed E-state index contributed by atoms with van der Waals surface area (Å²) in [6.45, 7) is -4.19. The largest absolute Gasteiger partial charge is 0.434 e. The Morgan fingerprint density at radius 3 is 2.60 bits per heavy atom. The summed E-state index contributed by atoms with van der Waals surface area (Å²) >= 11 is 0. The maximum Gasteiger partial charge on any atom is 0.387 e. The second kappa shape index (κ2) is 4.63. The summed E-state index contributed by atoms with van der Waals surface area (Å²) in [6, 6.07) is 2.77. The van der Waals surface area contributed by atoms with Gasteiger partial charge in [0.15, 0.2) is 0 Å². The second-order valence-electron chi connectivity index (χ2n) is 2.56. The van der Waals surface area contributed by atoms with E-state index in [0.717, 1.165) is 18.2 Å². The van der Waals surface area contributed by atoms with Crippen molar-refractivity contribution in [2.24, 2.45) is 0 Å². The predicted octanol–water partition coefficient (Wildman–Crippen LogP) is 2.67. The molecule has 7 heteroatoms. The number of rotatable bonds is 4. The van der Waals surface area contributed by atoms with Crippen LogP contribution in [0.2, 0.25) is 0 Å². The molecule has 0 atom stereocenters. The summed E-state index contributed by atoms with van der Waals surface area (Å²) in [5.41, 5.74) is -0.645. The van der Waals surface area contributed by atoms with Gasteiger partial charge in [-0.15, -0.1) is 0 Å². The topological polar surface area (TPSA) is 52.4 Å². The van der Waals surface area contributed by atoms with E-state index < -0.39 is 24.0 Å². The quantitative estimate of drug-likeness (QED) is 0.580. The number of halogens is 3. The van der Waals surface area contributed by atoms with Gasteiger partial charge in [0.1, 0.15) is 12.4 Å². The van der Waals surface area contributed by atoms with Crippen LogP contribution in [0.15, 0.2) is 18.2 Å². The Morgan fingerprint density at radius 2 is 2.13 bits per heavy atom. The number of alkyl halides is 3. The average molecular weight is 221 g/mol. The number of non-ortho nitro benzene ring substituents is 1. The molecule has 1 aromatic carbocycles. The van der Waals surface area contributed by atoms with Crippen molar-refractivity contribution in [3.63, 3.8) is 0 Å². The number of nitro groups is 1. The van der Waals surface area contributed by atoms with Crippen molar-refractivity contribution in [3.05, 3.63) is 33.9 Å². The van der Waals surface area contributed by atoms with Crippen molar-refractivity contribution >= 4 is 5.69 Å². The highest BCUT2D eigenvalue weighted by atomic mass is 19.3. The van der Waals surface area contributed by atoms with Crippen LogP contribution in [0.4, 0.5) is 18.9 Å². The molecule has 0 aromatic heterocycles. The summed E-state index contributed by atoms with van der Waals surface area (Å²) in [7, 11) is 0. The Bertz CT molecular complexity index is 370. The van der Waals surface area contributed by atoms with E-state index in [1.54, 1.807) is 0 Å². The molecule has 0 aliphatic carbocycles. The first-order chi connectivity index (χ1) is 7.04. The molecule has 0 N–H and O–H groups in total. The molecule has 0 radical (unpaired) electrons. The van der Waals surface area contributed by atoms with E-state index in [-0.39, 0.29) is 11.3 Å². The number of ether oxygens (including phenoxy) is 1. The maximum atomic E-state index is 12.3. The normalized spacial score (nSPS) is 10.4. The number of benzene rings is 1. The van der Waals surface area contributed by atoms with Crippen molar-refractivity contribution in [2.75, 3.05) is 0 Å². The number of hydrogen-bond donors (Lipinski definition) is 0. The highest BCUT2D eigenvalue weighted by Crippen LogP contribution is 2.26. The number of nitro benzene ring substituents is 1. The molecule has 0 spiro atoms. The van der Waals surface area contributed by atoms with Gasteiger partial charge >= 0.3 is 6.61 Å². The molecule has 82 valence electrons. The van der Waals surface area contributed by atoms with Crippen LogP contribution in [0.1, 0.15) is 5.56 Å². The minimum absolute atomic E-state index is 0.274. The van der Waals surface area contributed by atoms with Gasteiger partial charge in [-0.05, 0) is 6.07 Å². The molecule has 0 heterocycles. The SMILES string of the molecule is O=[N+]([O-])c1ccc(OC(F)F)c(CF)c1. The molecule has 15 heavy (non-hydrogen) atoms. The Hall–Kier alpha value is -1.79. The molecule has 0 aliphatic heterocycles. The summed E-state index contributed by atoms with van der Waals surface area (Å²) in [4.78, 5) is 9.55. The van der Waals surface area contributed by atoms with Gasteiger partial charge in [-0.2, -0.15) is 8.78 Å². The lowest BCUT2D eigenvalue weighted by atomic mass is 10.2. The van der Waals surface area contributed by atoms with Gasteiger partial charge in [0.2, 0.25) is 0 Å². The van der Waals surface area contributed by atoms with E-state index in [2.05, 4.69) is 4.74 Å². The van der Waals surface area contributed by atoms with Crippen molar-refractivity contribution in [3.8, 4) is 5.75 Å². The van der Waals surface area contributed by atoms with Gasteiger partial charge in [-0.1, -0.05) is 0 Å². The molecule has 0 bridgehead atoms. The Balaban J connectivity index is 3.03. The van der Waals surface area contributed by atoms with Gasteiger partial charge in [-0.25, -0.2) is 4.39 Å². The monoisotopic (exact) mass is 221 g/mol. The van der Waals surface area contributed by atoms with Crippen LogP contribution in [0.5, 0.6) is 5.75 Å². The zero-order valence-corrected chi connectivity index (χ0v) is 7.32.